The highest BCUT2D eigenvalue weighted by Gasteiger charge is 2.24. The zero-order chi connectivity index (χ0) is 38.3. The molecule has 5 nitrogen and oxygen atoms in total. The SMILES string of the molecule is [C-]#[N+]c1cc(-c2ccccc2)ccc1N(c1ccccn1)c1ccc2ccc3c(N(c4ccccn4)c4ccc(-c5ccccc5)cc4C)ccc4ccc1c2c43. The van der Waals surface area contributed by atoms with Gasteiger partial charge in [-0.25, -0.2) is 14.8 Å². The maximum Gasteiger partial charge on any atom is 0.211 e. The molecule has 0 N–H and O–H groups in total. The van der Waals surface area contributed by atoms with Gasteiger partial charge in [0, 0.05) is 23.2 Å². The van der Waals surface area contributed by atoms with E-state index in [1.165, 1.54) is 16.5 Å². The lowest BCUT2D eigenvalue weighted by Gasteiger charge is -2.29. The zero-order valence-electron chi connectivity index (χ0n) is 31.2. The minimum atomic E-state index is 0.551. The average Bonchev–Trinajstić information content (AvgIpc) is 3.28. The molecule has 0 radical (unpaired) electrons. The highest BCUT2D eigenvalue weighted by Crippen LogP contribution is 2.49. The quantitative estimate of drug-likeness (QED) is 0.115. The molecule has 0 spiro atoms. The summed E-state index contributed by atoms with van der Waals surface area (Å²) in [5, 5.41) is 6.83. The van der Waals surface area contributed by atoms with Crippen molar-refractivity contribution < 1.29 is 0 Å². The molecule has 0 unspecified atom stereocenters. The van der Waals surface area contributed by atoms with Crippen molar-refractivity contribution in [2.75, 3.05) is 9.80 Å². The van der Waals surface area contributed by atoms with Gasteiger partial charge in [0.2, 0.25) is 5.69 Å². The van der Waals surface area contributed by atoms with E-state index in [0.29, 0.717) is 5.69 Å². The molecule has 0 bridgehead atoms. The minimum absolute atomic E-state index is 0.551. The Hall–Kier alpha value is -7.81. The predicted octanol–water partition coefficient (Wildman–Crippen LogP) is 14.5. The van der Waals surface area contributed by atoms with Crippen molar-refractivity contribution in [1.29, 1.82) is 0 Å². The third kappa shape index (κ3) is 5.88. The van der Waals surface area contributed by atoms with E-state index in [1.54, 1.807) is 6.20 Å². The Labute approximate surface area is 331 Å². The van der Waals surface area contributed by atoms with Crippen molar-refractivity contribution in [3.8, 4) is 22.3 Å². The number of nitrogens with zero attached hydrogens (tertiary/aromatic N) is 5. The van der Waals surface area contributed by atoms with E-state index in [2.05, 4.69) is 149 Å². The van der Waals surface area contributed by atoms with Crippen molar-refractivity contribution in [3.05, 3.63) is 211 Å². The van der Waals surface area contributed by atoms with Gasteiger partial charge in [0.05, 0.1) is 29.3 Å². The molecule has 2 aromatic heterocycles. The summed E-state index contributed by atoms with van der Waals surface area (Å²) in [6.45, 7) is 10.5. The van der Waals surface area contributed by atoms with Crippen LogP contribution in [-0.2, 0) is 0 Å². The fraction of sp³-hybridized carbons (Fsp3) is 0.0192. The number of aryl methyl sites for hydroxylation is 1. The summed E-state index contributed by atoms with van der Waals surface area (Å²) in [6, 6.07) is 63.2. The summed E-state index contributed by atoms with van der Waals surface area (Å²) in [6.07, 6.45) is 3.66. The van der Waals surface area contributed by atoms with Crippen LogP contribution in [0.3, 0.4) is 0 Å². The van der Waals surface area contributed by atoms with Crippen LogP contribution in [0.4, 0.5) is 40.1 Å². The van der Waals surface area contributed by atoms with Crippen LogP contribution in [0, 0.1) is 13.5 Å². The van der Waals surface area contributed by atoms with Crippen LogP contribution in [0.2, 0.25) is 0 Å². The van der Waals surface area contributed by atoms with Gasteiger partial charge in [-0.3, -0.25) is 4.90 Å². The third-order valence-electron chi connectivity index (χ3n) is 10.8. The van der Waals surface area contributed by atoms with E-state index < -0.39 is 0 Å². The van der Waals surface area contributed by atoms with Gasteiger partial charge < -0.3 is 4.90 Å². The first-order chi connectivity index (χ1) is 28.2. The molecule has 0 fully saturated rings. The van der Waals surface area contributed by atoms with Gasteiger partial charge in [-0.1, -0.05) is 121 Å². The summed E-state index contributed by atoms with van der Waals surface area (Å²) >= 11 is 0. The zero-order valence-corrected chi connectivity index (χ0v) is 31.2. The summed E-state index contributed by atoms with van der Waals surface area (Å²) in [5.74, 6) is 1.58. The second kappa shape index (κ2) is 14.1. The van der Waals surface area contributed by atoms with Gasteiger partial charge >= 0.3 is 0 Å². The largest absolute Gasteiger partial charge is 0.304 e. The van der Waals surface area contributed by atoms with E-state index >= 15 is 0 Å². The van der Waals surface area contributed by atoms with Crippen molar-refractivity contribution in [3.63, 3.8) is 0 Å². The fourth-order valence-electron chi connectivity index (χ4n) is 8.21. The number of benzene rings is 8. The van der Waals surface area contributed by atoms with Crippen molar-refractivity contribution in [2.45, 2.75) is 6.92 Å². The van der Waals surface area contributed by atoms with Crippen LogP contribution in [0.5, 0.6) is 0 Å². The van der Waals surface area contributed by atoms with Crippen molar-refractivity contribution in [1.82, 2.24) is 9.97 Å². The molecule has 10 aromatic rings. The maximum absolute atomic E-state index is 8.34. The molecule has 0 aliphatic carbocycles. The van der Waals surface area contributed by atoms with Crippen LogP contribution < -0.4 is 9.80 Å². The molecule has 57 heavy (non-hydrogen) atoms. The number of hydrogen-bond donors (Lipinski definition) is 0. The van der Waals surface area contributed by atoms with Gasteiger partial charge in [-0.2, -0.15) is 0 Å². The number of hydrogen-bond acceptors (Lipinski definition) is 4. The first-order valence-electron chi connectivity index (χ1n) is 19.0. The van der Waals surface area contributed by atoms with Gasteiger partial charge in [0.15, 0.2) is 0 Å². The van der Waals surface area contributed by atoms with Crippen molar-refractivity contribution in [2.24, 2.45) is 0 Å². The average molecular weight is 730 g/mol. The first kappa shape index (κ1) is 33.7. The number of aromatic nitrogens is 2. The van der Waals surface area contributed by atoms with E-state index in [4.69, 9.17) is 16.5 Å². The smallest absolute Gasteiger partial charge is 0.211 e. The molecule has 0 atom stereocenters. The molecule has 0 saturated carbocycles. The number of anilines is 6. The van der Waals surface area contributed by atoms with E-state index in [-0.39, 0.29) is 0 Å². The Balaban J connectivity index is 1.19. The highest BCUT2D eigenvalue weighted by atomic mass is 15.2. The van der Waals surface area contributed by atoms with Crippen LogP contribution >= 0.6 is 0 Å². The van der Waals surface area contributed by atoms with Gasteiger partial charge in [-0.15, -0.1) is 0 Å². The monoisotopic (exact) mass is 729 g/mol. The van der Waals surface area contributed by atoms with Crippen molar-refractivity contribution >= 4 is 72.4 Å². The molecular weight excluding hydrogens is 695 g/mol. The standard InChI is InChI=1S/C52H35N5/c1-35-33-40(36-13-5-3-6-14-36)23-27-45(35)56(49-17-9-11-31-54-49)46-28-21-38-20-26-43-47(29-22-39-19-25-42(46)51(38)52(39)43)57(50-18-10-12-32-55-50)48-30-24-41(34-44(48)53-2)37-15-7-4-8-16-37/h3-34H,1H3. The normalized spacial score (nSPS) is 11.2. The Morgan fingerprint density at radius 2 is 0.877 bits per heavy atom. The van der Waals surface area contributed by atoms with E-state index in [9.17, 15) is 0 Å². The van der Waals surface area contributed by atoms with Crippen LogP contribution in [0.15, 0.2) is 194 Å². The molecule has 10 rings (SSSR count). The lowest BCUT2D eigenvalue weighted by molar-refractivity contribution is 1.17. The minimum Gasteiger partial charge on any atom is -0.304 e. The van der Waals surface area contributed by atoms with Gasteiger partial charge in [0.25, 0.3) is 0 Å². The summed E-state index contributed by atoms with van der Waals surface area (Å²) in [4.78, 5) is 18.2. The second-order valence-electron chi connectivity index (χ2n) is 14.2. The molecule has 0 aliphatic rings. The van der Waals surface area contributed by atoms with Crippen LogP contribution in [-0.4, -0.2) is 9.97 Å². The number of pyridine rings is 2. The van der Waals surface area contributed by atoms with Gasteiger partial charge in [-0.05, 0) is 117 Å². The third-order valence-corrected chi connectivity index (χ3v) is 10.8. The summed E-state index contributed by atoms with van der Waals surface area (Å²) in [5.41, 5.74) is 9.96. The second-order valence-corrected chi connectivity index (χ2v) is 14.2. The fourth-order valence-corrected chi connectivity index (χ4v) is 8.21. The molecule has 5 heteroatoms. The topological polar surface area (TPSA) is 36.6 Å². The molecule has 2 heterocycles. The van der Waals surface area contributed by atoms with E-state index in [0.717, 1.165) is 78.0 Å². The molecule has 0 amide bonds. The first-order valence-corrected chi connectivity index (χ1v) is 19.0. The molecule has 8 aromatic carbocycles. The lowest BCUT2D eigenvalue weighted by Crippen LogP contribution is -2.13. The number of rotatable bonds is 8. The summed E-state index contributed by atoms with van der Waals surface area (Å²) in [7, 11) is 0. The van der Waals surface area contributed by atoms with Crippen LogP contribution in [0.1, 0.15) is 5.56 Å². The predicted molar refractivity (Wildman–Crippen MR) is 237 cm³/mol. The molecule has 0 saturated heterocycles. The van der Waals surface area contributed by atoms with Gasteiger partial charge in [0.1, 0.15) is 11.6 Å². The molecule has 268 valence electrons. The molecule has 0 aliphatic heterocycles. The Morgan fingerprint density at radius 1 is 0.421 bits per heavy atom. The maximum atomic E-state index is 8.34. The van der Waals surface area contributed by atoms with E-state index in [1.807, 2.05) is 60.8 Å². The van der Waals surface area contributed by atoms with Crippen LogP contribution in [0.25, 0.3) is 59.4 Å². The molecular formula is C52H35N5. The lowest BCUT2D eigenvalue weighted by atomic mass is 9.91. The Morgan fingerprint density at radius 3 is 1.37 bits per heavy atom. The Kier molecular flexibility index (Phi) is 8.35. The highest BCUT2D eigenvalue weighted by molar-refractivity contribution is 6.28. The summed E-state index contributed by atoms with van der Waals surface area (Å²) < 4.78 is 0. The Bertz CT molecular complexity index is 3090.